The zero-order chi connectivity index (χ0) is 15.3. The van der Waals surface area contributed by atoms with E-state index in [1.807, 2.05) is 0 Å². The molecule has 112 valence electrons. The van der Waals surface area contributed by atoms with Crippen molar-refractivity contribution in [2.45, 2.75) is 42.5 Å². The normalized spacial score (nSPS) is 11.5. The summed E-state index contributed by atoms with van der Waals surface area (Å²) in [6.45, 7) is 2.09. The molecule has 0 unspecified atom stereocenters. The van der Waals surface area contributed by atoms with Gasteiger partial charge in [0.15, 0.2) is 11.3 Å². The van der Waals surface area contributed by atoms with E-state index in [2.05, 4.69) is 16.9 Å². The molecule has 0 spiro atoms. The van der Waals surface area contributed by atoms with Crippen molar-refractivity contribution in [3.8, 4) is 0 Å². The molecule has 1 aromatic carbocycles. The van der Waals surface area contributed by atoms with Crippen LogP contribution in [0.25, 0.3) is 0 Å². The molecule has 1 N–H and O–H groups in total. The van der Waals surface area contributed by atoms with Gasteiger partial charge < -0.3 is 4.98 Å². The van der Waals surface area contributed by atoms with E-state index < -0.39 is 9.84 Å². The van der Waals surface area contributed by atoms with Gasteiger partial charge in [0.1, 0.15) is 11.5 Å². The Morgan fingerprint density at radius 3 is 2.52 bits per heavy atom. The summed E-state index contributed by atoms with van der Waals surface area (Å²) in [5.41, 5.74) is -0.0506. The lowest BCUT2D eigenvalue weighted by Crippen LogP contribution is -2.05. The van der Waals surface area contributed by atoms with Gasteiger partial charge in [-0.05, 0) is 18.6 Å². The van der Waals surface area contributed by atoms with Crippen molar-refractivity contribution in [2.24, 2.45) is 0 Å². The van der Waals surface area contributed by atoms with Crippen LogP contribution in [-0.2, 0) is 16.3 Å². The Kier molecular flexibility index (Phi) is 4.90. The standard InChI is InChI=1S/C15H18N2O3S/c1-2-3-5-10-14-16-13(11-18)15(17-14)21(19,20)12-8-6-4-7-9-12/h4,6-9,11H,2-3,5,10H2,1H3,(H,16,17). The maximum absolute atomic E-state index is 12.5. The third-order valence-corrected chi connectivity index (χ3v) is 4.94. The first-order valence-electron chi connectivity index (χ1n) is 6.93. The molecule has 6 heteroatoms. The van der Waals surface area contributed by atoms with Crippen LogP contribution in [0.1, 0.15) is 42.5 Å². The summed E-state index contributed by atoms with van der Waals surface area (Å²) in [6.07, 6.45) is 4.13. The molecule has 0 aliphatic rings. The van der Waals surface area contributed by atoms with Crippen LogP contribution in [0, 0.1) is 0 Å². The largest absolute Gasteiger partial charge is 0.332 e. The number of hydrogen-bond acceptors (Lipinski definition) is 4. The highest BCUT2D eigenvalue weighted by molar-refractivity contribution is 7.91. The predicted molar refractivity (Wildman–Crippen MR) is 79.1 cm³/mol. The van der Waals surface area contributed by atoms with Gasteiger partial charge in [-0.25, -0.2) is 13.4 Å². The van der Waals surface area contributed by atoms with Crippen molar-refractivity contribution in [1.82, 2.24) is 9.97 Å². The summed E-state index contributed by atoms with van der Waals surface area (Å²) in [5, 5.41) is -0.116. The molecule has 0 saturated heterocycles. The molecule has 0 saturated carbocycles. The van der Waals surface area contributed by atoms with E-state index in [4.69, 9.17) is 0 Å². The number of unbranched alkanes of at least 4 members (excludes halogenated alkanes) is 2. The minimum absolute atomic E-state index is 0.0506. The van der Waals surface area contributed by atoms with E-state index in [9.17, 15) is 13.2 Å². The van der Waals surface area contributed by atoms with Gasteiger partial charge in [-0.2, -0.15) is 0 Å². The summed E-state index contributed by atoms with van der Waals surface area (Å²) in [7, 11) is -3.74. The number of aryl methyl sites for hydroxylation is 1. The maximum Gasteiger partial charge on any atom is 0.224 e. The van der Waals surface area contributed by atoms with Crippen molar-refractivity contribution in [3.63, 3.8) is 0 Å². The van der Waals surface area contributed by atoms with Crippen LogP contribution in [0.4, 0.5) is 0 Å². The molecule has 0 atom stereocenters. The van der Waals surface area contributed by atoms with E-state index in [0.29, 0.717) is 18.5 Å². The van der Waals surface area contributed by atoms with Gasteiger partial charge in [-0.1, -0.05) is 38.0 Å². The van der Waals surface area contributed by atoms with Gasteiger partial charge in [0, 0.05) is 6.42 Å². The minimum Gasteiger partial charge on any atom is -0.332 e. The smallest absolute Gasteiger partial charge is 0.224 e. The minimum atomic E-state index is -3.74. The van der Waals surface area contributed by atoms with Crippen LogP contribution in [0.2, 0.25) is 0 Å². The summed E-state index contributed by atoms with van der Waals surface area (Å²) < 4.78 is 25.1. The van der Waals surface area contributed by atoms with E-state index in [1.54, 1.807) is 18.2 Å². The highest BCUT2D eigenvalue weighted by Gasteiger charge is 2.24. The summed E-state index contributed by atoms with van der Waals surface area (Å²) in [4.78, 5) is 18.1. The lowest BCUT2D eigenvalue weighted by Gasteiger charge is -2.02. The van der Waals surface area contributed by atoms with Gasteiger partial charge in [0.25, 0.3) is 0 Å². The second-order valence-electron chi connectivity index (χ2n) is 4.79. The SMILES string of the molecule is CCCCCc1nc(C=O)c(S(=O)(=O)c2ccccc2)[nH]1. The monoisotopic (exact) mass is 306 g/mol. The van der Waals surface area contributed by atoms with Gasteiger partial charge in [0.05, 0.1) is 4.90 Å². The topological polar surface area (TPSA) is 79.9 Å². The Hall–Kier alpha value is -1.95. The number of nitrogens with one attached hydrogen (secondary N) is 1. The number of rotatable bonds is 7. The van der Waals surface area contributed by atoms with Crippen molar-refractivity contribution in [1.29, 1.82) is 0 Å². The Labute approximate surface area is 124 Å². The molecule has 2 aromatic rings. The number of hydrogen-bond donors (Lipinski definition) is 1. The zero-order valence-electron chi connectivity index (χ0n) is 11.9. The predicted octanol–water partition coefficient (Wildman–Crippen LogP) is 2.79. The Morgan fingerprint density at radius 2 is 1.90 bits per heavy atom. The van der Waals surface area contributed by atoms with Crippen LogP contribution < -0.4 is 0 Å². The maximum atomic E-state index is 12.5. The molecule has 0 bridgehead atoms. The first-order valence-corrected chi connectivity index (χ1v) is 8.42. The second-order valence-corrected chi connectivity index (χ2v) is 6.68. The number of sulfone groups is 1. The Morgan fingerprint density at radius 1 is 1.19 bits per heavy atom. The fourth-order valence-corrected chi connectivity index (χ4v) is 3.45. The molecule has 5 nitrogen and oxygen atoms in total. The molecule has 0 radical (unpaired) electrons. The average Bonchev–Trinajstić information content (AvgIpc) is 2.92. The summed E-state index contributed by atoms with van der Waals surface area (Å²) in [5.74, 6) is 0.542. The van der Waals surface area contributed by atoms with E-state index >= 15 is 0 Å². The van der Waals surface area contributed by atoms with Gasteiger partial charge in [-0.15, -0.1) is 0 Å². The first kappa shape index (κ1) is 15.4. The van der Waals surface area contributed by atoms with Crippen LogP contribution in [0.15, 0.2) is 40.3 Å². The molecule has 2 rings (SSSR count). The quantitative estimate of drug-likeness (QED) is 0.630. The lowest BCUT2D eigenvalue weighted by molar-refractivity contribution is 0.111. The van der Waals surface area contributed by atoms with Crippen molar-refractivity contribution >= 4 is 16.1 Å². The molecule has 1 heterocycles. The van der Waals surface area contributed by atoms with Crippen molar-refractivity contribution in [3.05, 3.63) is 41.9 Å². The molecule has 0 amide bonds. The van der Waals surface area contributed by atoms with Crippen LogP contribution in [0.3, 0.4) is 0 Å². The lowest BCUT2D eigenvalue weighted by atomic mass is 10.2. The Balaban J connectivity index is 2.36. The summed E-state index contributed by atoms with van der Waals surface area (Å²) in [6, 6.07) is 8.03. The van der Waals surface area contributed by atoms with Crippen LogP contribution >= 0.6 is 0 Å². The third-order valence-electron chi connectivity index (χ3n) is 3.20. The van der Waals surface area contributed by atoms with Crippen molar-refractivity contribution in [2.75, 3.05) is 0 Å². The van der Waals surface area contributed by atoms with E-state index in [0.717, 1.165) is 19.3 Å². The highest BCUT2D eigenvalue weighted by Crippen LogP contribution is 2.22. The molecule has 0 aliphatic carbocycles. The molecular weight excluding hydrogens is 288 g/mol. The van der Waals surface area contributed by atoms with Gasteiger partial charge >= 0.3 is 0 Å². The number of aromatic amines is 1. The molecule has 1 aromatic heterocycles. The molecule has 21 heavy (non-hydrogen) atoms. The number of aldehydes is 1. The molecule has 0 fully saturated rings. The van der Waals surface area contributed by atoms with Gasteiger partial charge in [-0.3, -0.25) is 4.79 Å². The first-order chi connectivity index (χ1) is 10.1. The van der Waals surface area contributed by atoms with E-state index in [-0.39, 0.29) is 15.6 Å². The average molecular weight is 306 g/mol. The fourth-order valence-electron chi connectivity index (χ4n) is 2.08. The second kappa shape index (κ2) is 6.67. The number of carbonyl (C=O) groups excluding carboxylic acids is 1. The van der Waals surface area contributed by atoms with Crippen LogP contribution in [-0.4, -0.2) is 24.7 Å². The highest BCUT2D eigenvalue weighted by atomic mass is 32.2. The van der Waals surface area contributed by atoms with Crippen LogP contribution in [0.5, 0.6) is 0 Å². The molecule has 0 aliphatic heterocycles. The number of aromatic nitrogens is 2. The zero-order valence-corrected chi connectivity index (χ0v) is 12.7. The summed E-state index contributed by atoms with van der Waals surface area (Å²) >= 11 is 0. The third kappa shape index (κ3) is 3.39. The Bertz CT molecular complexity index is 706. The number of nitrogens with zero attached hydrogens (tertiary/aromatic N) is 1. The van der Waals surface area contributed by atoms with Gasteiger partial charge in [0.2, 0.25) is 9.84 Å². The number of benzene rings is 1. The van der Waals surface area contributed by atoms with E-state index in [1.165, 1.54) is 12.1 Å². The van der Waals surface area contributed by atoms with Crippen molar-refractivity contribution < 1.29 is 13.2 Å². The fraction of sp³-hybridized carbons (Fsp3) is 0.333. The molecular formula is C15H18N2O3S. The number of carbonyl (C=O) groups is 1. The number of H-pyrrole nitrogens is 1. The number of imidazole rings is 1.